The first-order valence-corrected chi connectivity index (χ1v) is 6.50. The molecule has 1 aromatic rings. The number of hydrogen-bond acceptors (Lipinski definition) is 4. The zero-order valence-corrected chi connectivity index (χ0v) is 10.8. The van der Waals surface area contributed by atoms with Gasteiger partial charge in [0.15, 0.2) is 0 Å². The lowest BCUT2D eigenvalue weighted by atomic mass is 10.4. The summed E-state index contributed by atoms with van der Waals surface area (Å²) in [4.78, 5) is 3.82. The van der Waals surface area contributed by atoms with Crippen molar-refractivity contribution in [3.8, 4) is 0 Å². The number of aromatic nitrogens is 1. The highest BCUT2D eigenvalue weighted by Gasteiger charge is 2.23. The average molecular weight is 294 g/mol. The highest BCUT2D eigenvalue weighted by atomic mass is 79.9. The van der Waals surface area contributed by atoms with Crippen molar-refractivity contribution in [2.75, 3.05) is 19.3 Å². The van der Waals surface area contributed by atoms with Gasteiger partial charge in [-0.2, -0.15) is 0 Å². The molecule has 15 heavy (non-hydrogen) atoms. The summed E-state index contributed by atoms with van der Waals surface area (Å²) in [6.45, 7) is 2.13. The lowest BCUT2D eigenvalue weighted by Crippen LogP contribution is -2.27. The Morgan fingerprint density at radius 1 is 1.53 bits per heavy atom. The molecule has 0 aliphatic rings. The molecular weight excluding hydrogens is 282 g/mol. The van der Waals surface area contributed by atoms with E-state index >= 15 is 0 Å². The molecule has 1 heterocycles. The summed E-state index contributed by atoms with van der Waals surface area (Å²) >= 11 is 3.14. The van der Waals surface area contributed by atoms with E-state index in [0.717, 1.165) is 0 Å². The number of nitrogens with zero attached hydrogens (tertiary/aromatic N) is 2. The van der Waals surface area contributed by atoms with Crippen molar-refractivity contribution in [2.45, 2.75) is 11.8 Å². The van der Waals surface area contributed by atoms with Crippen LogP contribution in [0.3, 0.4) is 0 Å². The summed E-state index contributed by atoms with van der Waals surface area (Å²) in [5.74, 6) is 0. The van der Waals surface area contributed by atoms with Crippen molar-refractivity contribution in [2.24, 2.45) is 0 Å². The molecule has 0 unspecified atom stereocenters. The van der Waals surface area contributed by atoms with Crippen LogP contribution in [0.2, 0.25) is 0 Å². The fourth-order valence-corrected chi connectivity index (χ4v) is 2.69. The summed E-state index contributed by atoms with van der Waals surface area (Å²) < 4.78 is 25.5. The Hall–Kier alpha value is -0.660. The lowest BCUT2D eigenvalue weighted by Gasteiger charge is -2.16. The molecule has 2 N–H and O–H groups in total. The molecule has 0 atom stereocenters. The van der Waals surface area contributed by atoms with E-state index < -0.39 is 10.0 Å². The van der Waals surface area contributed by atoms with Gasteiger partial charge in [0, 0.05) is 26.0 Å². The van der Waals surface area contributed by atoms with Crippen molar-refractivity contribution >= 4 is 31.6 Å². The first kappa shape index (κ1) is 12.4. The normalized spacial score (nSPS) is 12.0. The zero-order valence-electron chi connectivity index (χ0n) is 8.44. The van der Waals surface area contributed by atoms with Crippen molar-refractivity contribution in [1.82, 2.24) is 9.29 Å². The minimum absolute atomic E-state index is 0.0289. The molecule has 84 valence electrons. The number of anilines is 1. The average Bonchev–Trinajstić information content (AvgIpc) is 2.20. The molecule has 5 nitrogen and oxygen atoms in total. The van der Waals surface area contributed by atoms with Gasteiger partial charge in [0.25, 0.3) is 0 Å². The number of sulfonamides is 1. The first-order valence-electron chi connectivity index (χ1n) is 4.26. The Kier molecular flexibility index (Phi) is 3.69. The summed E-state index contributed by atoms with van der Waals surface area (Å²) in [6, 6.07) is 0. The Morgan fingerprint density at radius 2 is 2.13 bits per heavy atom. The Morgan fingerprint density at radius 3 is 2.67 bits per heavy atom. The highest BCUT2D eigenvalue weighted by molar-refractivity contribution is 9.10. The van der Waals surface area contributed by atoms with E-state index in [1.54, 1.807) is 6.92 Å². The number of halogens is 1. The van der Waals surface area contributed by atoms with Crippen LogP contribution in [0.25, 0.3) is 0 Å². The fraction of sp³-hybridized carbons (Fsp3) is 0.375. The summed E-state index contributed by atoms with van der Waals surface area (Å²) in [5.41, 5.74) is 5.85. The fourth-order valence-electron chi connectivity index (χ4n) is 0.971. The molecule has 0 aliphatic heterocycles. The van der Waals surface area contributed by atoms with E-state index in [1.807, 2.05) is 0 Å². The number of nitrogen functional groups attached to an aromatic ring is 1. The van der Waals surface area contributed by atoms with Crippen LogP contribution in [-0.4, -0.2) is 31.3 Å². The predicted octanol–water partition coefficient (Wildman–Crippen LogP) is 1.07. The van der Waals surface area contributed by atoms with Crippen LogP contribution in [0.5, 0.6) is 0 Å². The molecule has 0 amide bonds. The molecular formula is C8H12BrN3O2S. The third-order valence-corrected chi connectivity index (χ3v) is 4.63. The van der Waals surface area contributed by atoms with Crippen molar-refractivity contribution in [3.63, 3.8) is 0 Å². The Balaban J connectivity index is 3.34. The summed E-state index contributed by atoms with van der Waals surface area (Å²) in [5, 5.41) is 0. The minimum Gasteiger partial charge on any atom is -0.397 e. The molecule has 0 aliphatic carbocycles. The van der Waals surface area contributed by atoms with E-state index in [9.17, 15) is 8.42 Å². The van der Waals surface area contributed by atoms with E-state index in [2.05, 4.69) is 20.9 Å². The smallest absolute Gasteiger partial charge is 0.246 e. The number of pyridine rings is 1. The standard InChI is InChI=1S/C8H12BrN3O2S/c1-3-12(2)15(13,14)7-5-11-4-6(9)8(7)10/h4-5H,3H2,1-2H3,(H2,10,11). The van der Waals surface area contributed by atoms with Crippen molar-refractivity contribution < 1.29 is 8.42 Å². The van der Waals surface area contributed by atoms with E-state index in [4.69, 9.17) is 5.73 Å². The van der Waals surface area contributed by atoms with Gasteiger partial charge in [0.2, 0.25) is 10.0 Å². The minimum atomic E-state index is -3.53. The van der Waals surface area contributed by atoms with Gasteiger partial charge in [-0.1, -0.05) is 6.92 Å². The van der Waals surface area contributed by atoms with Gasteiger partial charge >= 0.3 is 0 Å². The Labute approximate surface area is 97.5 Å². The van der Waals surface area contributed by atoms with Crippen LogP contribution in [0.4, 0.5) is 5.69 Å². The molecule has 1 rings (SSSR count). The molecule has 0 saturated carbocycles. The van der Waals surface area contributed by atoms with Gasteiger partial charge in [0.05, 0.1) is 10.2 Å². The monoisotopic (exact) mass is 293 g/mol. The number of rotatable bonds is 3. The van der Waals surface area contributed by atoms with E-state index in [0.29, 0.717) is 11.0 Å². The van der Waals surface area contributed by atoms with Crippen LogP contribution < -0.4 is 5.73 Å². The topological polar surface area (TPSA) is 76.3 Å². The van der Waals surface area contributed by atoms with Crippen LogP contribution >= 0.6 is 15.9 Å². The third kappa shape index (κ3) is 2.30. The molecule has 0 saturated heterocycles. The van der Waals surface area contributed by atoms with Gasteiger partial charge in [-0.25, -0.2) is 12.7 Å². The van der Waals surface area contributed by atoms with Crippen LogP contribution in [-0.2, 0) is 10.0 Å². The van der Waals surface area contributed by atoms with Crippen LogP contribution in [0, 0.1) is 0 Å². The van der Waals surface area contributed by atoms with Gasteiger partial charge < -0.3 is 5.73 Å². The summed E-state index contributed by atoms with van der Waals surface area (Å²) in [6.07, 6.45) is 2.71. The maximum absolute atomic E-state index is 11.9. The van der Waals surface area contributed by atoms with Crippen molar-refractivity contribution in [1.29, 1.82) is 0 Å². The number of nitrogens with two attached hydrogens (primary N) is 1. The van der Waals surface area contributed by atoms with E-state index in [1.165, 1.54) is 23.7 Å². The highest BCUT2D eigenvalue weighted by Crippen LogP contribution is 2.26. The van der Waals surface area contributed by atoms with Crippen LogP contribution in [0.15, 0.2) is 21.8 Å². The largest absolute Gasteiger partial charge is 0.397 e. The molecule has 7 heteroatoms. The summed E-state index contributed by atoms with van der Waals surface area (Å²) in [7, 11) is -2.03. The van der Waals surface area contributed by atoms with Crippen LogP contribution in [0.1, 0.15) is 6.92 Å². The van der Waals surface area contributed by atoms with Gasteiger partial charge in [-0.3, -0.25) is 4.98 Å². The van der Waals surface area contributed by atoms with Gasteiger partial charge in [-0.05, 0) is 15.9 Å². The van der Waals surface area contributed by atoms with E-state index in [-0.39, 0.29) is 10.6 Å². The zero-order chi connectivity index (χ0) is 11.6. The predicted molar refractivity (Wildman–Crippen MR) is 61.8 cm³/mol. The maximum Gasteiger partial charge on any atom is 0.246 e. The van der Waals surface area contributed by atoms with Gasteiger partial charge in [0.1, 0.15) is 4.90 Å². The second kappa shape index (κ2) is 4.46. The van der Waals surface area contributed by atoms with Gasteiger partial charge in [-0.15, -0.1) is 0 Å². The SMILES string of the molecule is CCN(C)S(=O)(=O)c1cncc(Br)c1N. The third-order valence-electron chi connectivity index (χ3n) is 2.04. The molecule has 1 aromatic heterocycles. The quantitative estimate of drug-likeness (QED) is 0.904. The van der Waals surface area contributed by atoms with Crippen molar-refractivity contribution in [3.05, 3.63) is 16.9 Å². The second-order valence-electron chi connectivity index (χ2n) is 2.95. The number of hydrogen-bond donors (Lipinski definition) is 1. The molecule has 0 spiro atoms. The molecule has 0 radical (unpaired) electrons. The lowest BCUT2D eigenvalue weighted by molar-refractivity contribution is 0.486. The maximum atomic E-state index is 11.9. The molecule has 0 aromatic carbocycles. The first-order chi connectivity index (χ1) is 6.91. The molecule has 0 bridgehead atoms. The Bertz CT molecular complexity index is 461. The second-order valence-corrected chi connectivity index (χ2v) is 5.82. The molecule has 0 fully saturated rings.